The predicted octanol–water partition coefficient (Wildman–Crippen LogP) is 3.76. The lowest BCUT2D eigenvalue weighted by molar-refractivity contribution is 0.828. The molecule has 0 unspecified atom stereocenters. The first-order chi connectivity index (χ1) is 8.08. The van der Waals surface area contributed by atoms with Crippen LogP contribution in [0.25, 0.3) is 11.1 Å². The molecule has 0 aliphatic carbocycles. The largest absolute Gasteiger partial charge is 0.384 e. The van der Waals surface area contributed by atoms with Crippen LogP contribution in [0.5, 0.6) is 0 Å². The van der Waals surface area contributed by atoms with Crippen LogP contribution in [0.15, 0.2) is 36.4 Å². The monoisotopic (exact) mass is 226 g/mol. The summed E-state index contributed by atoms with van der Waals surface area (Å²) < 4.78 is 0. The van der Waals surface area contributed by atoms with Gasteiger partial charge in [-0.25, -0.2) is 4.98 Å². The van der Waals surface area contributed by atoms with E-state index >= 15 is 0 Å². The maximum atomic E-state index is 5.76. The van der Waals surface area contributed by atoms with Crippen molar-refractivity contribution in [2.75, 3.05) is 5.73 Å². The SMILES string of the molecule is Cc1ccc(-c2ccc(N)nc2C(C)C)cc1. The van der Waals surface area contributed by atoms with Gasteiger partial charge in [0.2, 0.25) is 0 Å². The van der Waals surface area contributed by atoms with E-state index in [2.05, 4.69) is 56.1 Å². The van der Waals surface area contributed by atoms with Gasteiger partial charge in [0.15, 0.2) is 0 Å². The highest BCUT2D eigenvalue weighted by atomic mass is 14.8. The fourth-order valence-corrected chi connectivity index (χ4v) is 1.91. The molecule has 0 bridgehead atoms. The number of anilines is 1. The highest BCUT2D eigenvalue weighted by Gasteiger charge is 2.10. The van der Waals surface area contributed by atoms with Crippen molar-refractivity contribution in [2.24, 2.45) is 0 Å². The Morgan fingerprint density at radius 1 is 1.00 bits per heavy atom. The molecule has 0 saturated carbocycles. The normalized spacial score (nSPS) is 10.8. The van der Waals surface area contributed by atoms with Gasteiger partial charge in [0, 0.05) is 5.56 Å². The van der Waals surface area contributed by atoms with Crippen molar-refractivity contribution in [3.05, 3.63) is 47.7 Å². The van der Waals surface area contributed by atoms with Gasteiger partial charge in [-0.05, 0) is 30.5 Å². The van der Waals surface area contributed by atoms with E-state index < -0.39 is 0 Å². The van der Waals surface area contributed by atoms with E-state index in [0.717, 1.165) is 5.69 Å². The van der Waals surface area contributed by atoms with Crippen molar-refractivity contribution < 1.29 is 0 Å². The van der Waals surface area contributed by atoms with Crippen molar-refractivity contribution in [1.82, 2.24) is 4.98 Å². The summed E-state index contributed by atoms with van der Waals surface area (Å²) in [5.41, 5.74) is 10.5. The quantitative estimate of drug-likeness (QED) is 0.846. The second-order valence-corrected chi connectivity index (χ2v) is 4.69. The Morgan fingerprint density at radius 3 is 2.24 bits per heavy atom. The van der Waals surface area contributed by atoms with Gasteiger partial charge in [-0.3, -0.25) is 0 Å². The fraction of sp³-hybridized carbons (Fsp3) is 0.267. The summed E-state index contributed by atoms with van der Waals surface area (Å²) in [6.45, 7) is 6.37. The van der Waals surface area contributed by atoms with Gasteiger partial charge in [-0.15, -0.1) is 0 Å². The minimum Gasteiger partial charge on any atom is -0.384 e. The molecular weight excluding hydrogens is 208 g/mol. The van der Waals surface area contributed by atoms with E-state index in [-0.39, 0.29) is 0 Å². The number of hydrogen-bond acceptors (Lipinski definition) is 2. The number of aryl methyl sites for hydroxylation is 1. The molecule has 17 heavy (non-hydrogen) atoms. The second-order valence-electron chi connectivity index (χ2n) is 4.69. The van der Waals surface area contributed by atoms with Gasteiger partial charge in [-0.2, -0.15) is 0 Å². The Labute approximate surface area is 103 Å². The predicted molar refractivity (Wildman–Crippen MR) is 72.9 cm³/mol. The number of aromatic nitrogens is 1. The van der Waals surface area contributed by atoms with Crippen LogP contribution in [-0.4, -0.2) is 4.98 Å². The molecular formula is C15H18N2. The highest BCUT2D eigenvalue weighted by Crippen LogP contribution is 2.28. The average molecular weight is 226 g/mol. The Hall–Kier alpha value is -1.83. The third kappa shape index (κ3) is 2.47. The molecule has 1 aromatic carbocycles. The molecule has 2 nitrogen and oxygen atoms in total. The first-order valence-corrected chi connectivity index (χ1v) is 5.91. The number of rotatable bonds is 2. The Kier molecular flexibility index (Phi) is 3.14. The van der Waals surface area contributed by atoms with Crippen molar-refractivity contribution in [2.45, 2.75) is 26.7 Å². The molecule has 2 heteroatoms. The fourth-order valence-electron chi connectivity index (χ4n) is 1.91. The molecule has 0 aliphatic rings. The first kappa shape index (κ1) is 11.6. The first-order valence-electron chi connectivity index (χ1n) is 5.91. The number of nitrogens with zero attached hydrogens (tertiary/aromatic N) is 1. The second kappa shape index (κ2) is 4.58. The molecule has 2 N–H and O–H groups in total. The summed E-state index contributed by atoms with van der Waals surface area (Å²) in [6.07, 6.45) is 0. The van der Waals surface area contributed by atoms with Crippen molar-refractivity contribution in [1.29, 1.82) is 0 Å². The smallest absolute Gasteiger partial charge is 0.123 e. The molecule has 1 heterocycles. The van der Waals surface area contributed by atoms with E-state index in [9.17, 15) is 0 Å². The summed E-state index contributed by atoms with van der Waals surface area (Å²) in [5.74, 6) is 0.958. The molecule has 1 aromatic heterocycles. The molecule has 0 aliphatic heterocycles. The molecule has 0 atom stereocenters. The molecule has 0 radical (unpaired) electrons. The maximum absolute atomic E-state index is 5.76. The minimum absolute atomic E-state index is 0.370. The zero-order chi connectivity index (χ0) is 12.4. The molecule has 0 spiro atoms. The lowest BCUT2D eigenvalue weighted by Gasteiger charge is -2.12. The molecule has 2 aromatic rings. The minimum atomic E-state index is 0.370. The lowest BCUT2D eigenvalue weighted by atomic mass is 9.97. The highest BCUT2D eigenvalue weighted by molar-refractivity contribution is 5.67. The molecule has 0 saturated heterocycles. The number of nitrogens with two attached hydrogens (primary N) is 1. The summed E-state index contributed by atoms with van der Waals surface area (Å²) in [5, 5.41) is 0. The van der Waals surface area contributed by atoms with Crippen LogP contribution in [0.2, 0.25) is 0 Å². The third-order valence-electron chi connectivity index (χ3n) is 2.86. The summed E-state index contributed by atoms with van der Waals surface area (Å²) >= 11 is 0. The van der Waals surface area contributed by atoms with E-state index in [1.807, 2.05) is 6.07 Å². The van der Waals surface area contributed by atoms with Gasteiger partial charge in [0.25, 0.3) is 0 Å². The Balaban J connectivity index is 2.54. The van der Waals surface area contributed by atoms with Crippen LogP contribution < -0.4 is 5.73 Å². The molecule has 0 amide bonds. The number of hydrogen-bond donors (Lipinski definition) is 1. The number of nitrogen functional groups attached to an aromatic ring is 1. The molecule has 88 valence electrons. The van der Waals surface area contributed by atoms with Gasteiger partial charge in [-0.1, -0.05) is 43.7 Å². The van der Waals surface area contributed by atoms with Crippen molar-refractivity contribution >= 4 is 5.82 Å². The van der Waals surface area contributed by atoms with Crippen LogP contribution in [0.4, 0.5) is 5.82 Å². The van der Waals surface area contributed by atoms with Crippen LogP contribution in [0, 0.1) is 6.92 Å². The Morgan fingerprint density at radius 2 is 1.65 bits per heavy atom. The van der Waals surface area contributed by atoms with E-state index in [0.29, 0.717) is 11.7 Å². The molecule has 2 rings (SSSR count). The number of benzene rings is 1. The van der Waals surface area contributed by atoms with Crippen LogP contribution >= 0.6 is 0 Å². The van der Waals surface area contributed by atoms with Crippen LogP contribution in [-0.2, 0) is 0 Å². The standard InChI is InChI=1S/C15H18N2/c1-10(2)15-13(8-9-14(16)17-15)12-6-4-11(3)5-7-12/h4-10H,1-3H3,(H2,16,17). The van der Waals surface area contributed by atoms with E-state index in [1.165, 1.54) is 16.7 Å². The third-order valence-corrected chi connectivity index (χ3v) is 2.86. The van der Waals surface area contributed by atoms with Gasteiger partial charge >= 0.3 is 0 Å². The molecule has 0 fully saturated rings. The van der Waals surface area contributed by atoms with Gasteiger partial charge in [0.1, 0.15) is 5.82 Å². The zero-order valence-corrected chi connectivity index (χ0v) is 10.6. The van der Waals surface area contributed by atoms with E-state index in [1.54, 1.807) is 0 Å². The maximum Gasteiger partial charge on any atom is 0.123 e. The van der Waals surface area contributed by atoms with Gasteiger partial charge < -0.3 is 5.73 Å². The summed E-state index contributed by atoms with van der Waals surface area (Å²) in [6, 6.07) is 12.4. The topological polar surface area (TPSA) is 38.9 Å². The van der Waals surface area contributed by atoms with Gasteiger partial charge in [0.05, 0.1) is 5.69 Å². The number of pyridine rings is 1. The van der Waals surface area contributed by atoms with Crippen LogP contribution in [0.3, 0.4) is 0 Å². The van der Waals surface area contributed by atoms with Crippen molar-refractivity contribution in [3.8, 4) is 11.1 Å². The summed E-state index contributed by atoms with van der Waals surface area (Å²) in [7, 11) is 0. The summed E-state index contributed by atoms with van der Waals surface area (Å²) in [4.78, 5) is 4.45. The zero-order valence-electron chi connectivity index (χ0n) is 10.6. The lowest BCUT2D eigenvalue weighted by Crippen LogP contribution is -2.00. The van der Waals surface area contributed by atoms with E-state index in [4.69, 9.17) is 5.73 Å². The van der Waals surface area contributed by atoms with Crippen LogP contribution in [0.1, 0.15) is 31.0 Å². The van der Waals surface area contributed by atoms with Crippen molar-refractivity contribution in [3.63, 3.8) is 0 Å². The average Bonchev–Trinajstić information content (AvgIpc) is 2.30. The Bertz CT molecular complexity index is 513.